The third-order valence-electron chi connectivity index (χ3n) is 2.17. The van der Waals surface area contributed by atoms with E-state index in [0.717, 1.165) is 14.3 Å². The number of benzene rings is 2. The van der Waals surface area contributed by atoms with Gasteiger partial charge in [-0.2, -0.15) is 0 Å². The Morgan fingerprint density at radius 1 is 1.00 bits per heavy atom. The summed E-state index contributed by atoms with van der Waals surface area (Å²) >= 11 is 4.89. The fraction of sp³-hybridized carbons (Fsp3) is 0. The molecule has 2 rings (SSSR count). The zero-order valence-electron chi connectivity index (χ0n) is 8.76. The van der Waals surface area contributed by atoms with E-state index in [1.165, 1.54) is 11.8 Å². The van der Waals surface area contributed by atoms with Crippen LogP contribution in [0.4, 0.5) is 0 Å². The Kier molecular flexibility index (Phi) is 3.86. The molecule has 0 saturated heterocycles. The third kappa shape index (κ3) is 2.90. The maximum Gasteiger partial charge on any atom is 0.336 e. The predicted octanol–water partition coefficient (Wildman–Crippen LogP) is 4.30. The zero-order chi connectivity index (χ0) is 12.3. The second kappa shape index (κ2) is 5.38. The van der Waals surface area contributed by atoms with Crippen molar-refractivity contribution in [3.63, 3.8) is 0 Å². The fourth-order valence-electron chi connectivity index (χ4n) is 1.38. The summed E-state index contributed by atoms with van der Waals surface area (Å²) in [4.78, 5) is 12.8. The molecule has 86 valence electrons. The van der Waals surface area contributed by atoms with Gasteiger partial charge in [0.15, 0.2) is 0 Å². The summed E-state index contributed by atoms with van der Waals surface area (Å²) in [6.45, 7) is 0. The van der Waals surface area contributed by atoms with Crippen molar-refractivity contribution in [2.24, 2.45) is 0 Å². The van der Waals surface area contributed by atoms with Gasteiger partial charge < -0.3 is 5.11 Å². The minimum absolute atomic E-state index is 0.327. The van der Waals surface area contributed by atoms with Crippen LogP contribution < -0.4 is 0 Å². The van der Waals surface area contributed by atoms with E-state index in [0.29, 0.717) is 5.56 Å². The Morgan fingerprint density at radius 3 is 2.24 bits per heavy atom. The number of carboxylic acid groups (broad SMARTS) is 1. The minimum Gasteiger partial charge on any atom is -0.478 e. The summed E-state index contributed by atoms with van der Waals surface area (Å²) < 4.78 is 0.963. The first-order valence-electron chi connectivity index (χ1n) is 4.93. The lowest BCUT2D eigenvalue weighted by Gasteiger charge is -2.06. The molecule has 0 saturated carbocycles. The number of hydrogen-bond acceptors (Lipinski definition) is 2. The Labute approximate surface area is 112 Å². The first-order chi connectivity index (χ1) is 8.18. The number of carboxylic acids is 1. The van der Waals surface area contributed by atoms with Gasteiger partial charge in [-0.15, -0.1) is 0 Å². The maximum atomic E-state index is 11.1. The lowest BCUT2D eigenvalue weighted by molar-refractivity contribution is 0.0693. The molecule has 0 heterocycles. The molecule has 0 bridgehead atoms. The number of rotatable bonds is 3. The molecule has 0 aliphatic heterocycles. The molecule has 4 heteroatoms. The van der Waals surface area contributed by atoms with Crippen LogP contribution in [0.15, 0.2) is 62.8 Å². The van der Waals surface area contributed by atoms with Crippen molar-refractivity contribution in [1.82, 2.24) is 0 Å². The zero-order valence-corrected chi connectivity index (χ0v) is 11.2. The Bertz CT molecular complexity index is 555. The van der Waals surface area contributed by atoms with Crippen LogP contribution in [0.3, 0.4) is 0 Å². The SMILES string of the molecule is O=C(O)c1ccccc1Sc1ccccc1Br. The Hall–Kier alpha value is -1.26. The highest BCUT2D eigenvalue weighted by molar-refractivity contribution is 9.10. The van der Waals surface area contributed by atoms with E-state index < -0.39 is 5.97 Å². The molecule has 2 aromatic carbocycles. The van der Waals surface area contributed by atoms with Gasteiger partial charge in [0, 0.05) is 14.3 Å². The van der Waals surface area contributed by atoms with E-state index in [1.807, 2.05) is 36.4 Å². The average molecular weight is 309 g/mol. The average Bonchev–Trinajstić information content (AvgIpc) is 2.32. The summed E-state index contributed by atoms with van der Waals surface area (Å²) in [5.74, 6) is -0.903. The van der Waals surface area contributed by atoms with Gasteiger partial charge >= 0.3 is 5.97 Å². The lowest BCUT2D eigenvalue weighted by atomic mass is 10.2. The molecular weight excluding hydrogens is 300 g/mol. The lowest BCUT2D eigenvalue weighted by Crippen LogP contribution is -1.97. The van der Waals surface area contributed by atoms with Crippen LogP contribution in [0.25, 0.3) is 0 Å². The van der Waals surface area contributed by atoms with Crippen LogP contribution in [-0.2, 0) is 0 Å². The molecule has 0 atom stereocenters. The van der Waals surface area contributed by atoms with E-state index >= 15 is 0 Å². The van der Waals surface area contributed by atoms with Crippen molar-refractivity contribution in [2.75, 3.05) is 0 Å². The topological polar surface area (TPSA) is 37.3 Å². The molecule has 1 N–H and O–H groups in total. The van der Waals surface area contributed by atoms with Crippen LogP contribution in [0, 0.1) is 0 Å². The number of hydrogen-bond donors (Lipinski definition) is 1. The smallest absolute Gasteiger partial charge is 0.336 e. The van der Waals surface area contributed by atoms with Crippen molar-refractivity contribution >= 4 is 33.7 Å². The van der Waals surface area contributed by atoms with Gasteiger partial charge in [0.1, 0.15) is 0 Å². The quantitative estimate of drug-likeness (QED) is 0.918. The molecule has 0 fully saturated rings. The Balaban J connectivity index is 2.37. The van der Waals surface area contributed by atoms with Gasteiger partial charge in [-0.3, -0.25) is 0 Å². The molecule has 0 aliphatic carbocycles. The van der Waals surface area contributed by atoms with Crippen LogP contribution in [0.5, 0.6) is 0 Å². The van der Waals surface area contributed by atoms with Gasteiger partial charge in [0.05, 0.1) is 5.56 Å². The van der Waals surface area contributed by atoms with Crippen LogP contribution >= 0.6 is 27.7 Å². The first kappa shape index (κ1) is 12.2. The monoisotopic (exact) mass is 308 g/mol. The molecule has 0 aromatic heterocycles. The summed E-state index contributed by atoms with van der Waals surface area (Å²) in [5, 5.41) is 9.09. The van der Waals surface area contributed by atoms with Crippen molar-refractivity contribution in [3.05, 3.63) is 58.6 Å². The highest BCUT2D eigenvalue weighted by Gasteiger charge is 2.11. The largest absolute Gasteiger partial charge is 0.478 e. The second-order valence-electron chi connectivity index (χ2n) is 3.33. The highest BCUT2D eigenvalue weighted by atomic mass is 79.9. The van der Waals surface area contributed by atoms with Gasteiger partial charge in [-0.25, -0.2) is 4.79 Å². The van der Waals surface area contributed by atoms with E-state index in [4.69, 9.17) is 5.11 Å². The molecule has 0 radical (unpaired) electrons. The fourth-order valence-corrected chi connectivity index (χ4v) is 2.87. The molecule has 0 unspecified atom stereocenters. The summed E-state index contributed by atoms with van der Waals surface area (Å²) in [6, 6.07) is 14.7. The van der Waals surface area contributed by atoms with Crippen LogP contribution in [0.1, 0.15) is 10.4 Å². The van der Waals surface area contributed by atoms with E-state index in [9.17, 15) is 4.79 Å². The van der Waals surface area contributed by atoms with Crippen molar-refractivity contribution in [2.45, 2.75) is 9.79 Å². The molecule has 0 amide bonds. The highest BCUT2D eigenvalue weighted by Crippen LogP contribution is 2.34. The van der Waals surface area contributed by atoms with E-state index in [1.54, 1.807) is 12.1 Å². The van der Waals surface area contributed by atoms with E-state index in [2.05, 4.69) is 15.9 Å². The van der Waals surface area contributed by atoms with Gasteiger partial charge in [0.2, 0.25) is 0 Å². The molecule has 0 spiro atoms. The number of aromatic carboxylic acids is 1. The maximum absolute atomic E-state index is 11.1. The molecule has 2 nitrogen and oxygen atoms in total. The first-order valence-corrected chi connectivity index (χ1v) is 6.54. The molecule has 0 aliphatic rings. The summed E-state index contributed by atoms with van der Waals surface area (Å²) in [5.41, 5.74) is 0.327. The molecule has 2 aromatic rings. The second-order valence-corrected chi connectivity index (χ2v) is 5.27. The van der Waals surface area contributed by atoms with Crippen LogP contribution in [0.2, 0.25) is 0 Å². The minimum atomic E-state index is -0.903. The van der Waals surface area contributed by atoms with Crippen molar-refractivity contribution in [3.8, 4) is 0 Å². The van der Waals surface area contributed by atoms with Crippen molar-refractivity contribution in [1.29, 1.82) is 0 Å². The summed E-state index contributed by atoms with van der Waals surface area (Å²) in [7, 11) is 0. The summed E-state index contributed by atoms with van der Waals surface area (Å²) in [6.07, 6.45) is 0. The van der Waals surface area contributed by atoms with Crippen molar-refractivity contribution < 1.29 is 9.90 Å². The Morgan fingerprint density at radius 2 is 1.59 bits per heavy atom. The third-order valence-corrected chi connectivity index (χ3v) is 4.28. The number of halogens is 1. The van der Waals surface area contributed by atoms with Gasteiger partial charge in [-0.05, 0) is 40.2 Å². The number of carbonyl (C=O) groups is 1. The normalized spacial score (nSPS) is 10.2. The predicted molar refractivity (Wildman–Crippen MR) is 71.7 cm³/mol. The van der Waals surface area contributed by atoms with Crippen LogP contribution in [-0.4, -0.2) is 11.1 Å². The van der Waals surface area contributed by atoms with Gasteiger partial charge in [-0.1, -0.05) is 36.0 Å². The molecular formula is C13H9BrO2S. The molecule has 17 heavy (non-hydrogen) atoms. The van der Waals surface area contributed by atoms with Gasteiger partial charge in [0.25, 0.3) is 0 Å². The standard InChI is InChI=1S/C13H9BrO2S/c14-10-6-2-4-8-12(10)17-11-7-3-1-5-9(11)13(15)16/h1-8H,(H,15,16). The van der Waals surface area contributed by atoms with E-state index in [-0.39, 0.29) is 0 Å².